The number of benzene rings is 2. The third kappa shape index (κ3) is 3.93. The minimum absolute atomic E-state index is 0.318. The van der Waals surface area contributed by atoms with E-state index in [4.69, 9.17) is 11.2 Å². The molecule has 1 heterocycles. The summed E-state index contributed by atoms with van der Waals surface area (Å²) in [4.78, 5) is 17.1. The fraction of sp³-hybridized carbons (Fsp3) is 0.143. The molecule has 0 spiro atoms. The molecule has 0 aliphatic rings. The van der Waals surface area contributed by atoms with E-state index in [0.29, 0.717) is 18.0 Å². The van der Waals surface area contributed by atoms with Gasteiger partial charge in [-0.2, -0.15) is 4.99 Å². The molecule has 0 atom stereocenters. The van der Waals surface area contributed by atoms with Crippen molar-refractivity contribution >= 4 is 33.5 Å². The van der Waals surface area contributed by atoms with E-state index >= 15 is 0 Å². The summed E-state index contributed by atoms with van der Waals surface area (Å²) in [5.74, 6) is 3.04. The Morgan fingerprint density at radius 1 is 1.27 bits per heavy atom. The van der Waals surface area contributed by atoms with Gasteiger partial charge in [-0.05, 0) is 30.7 Å². The normalized spacial score (nSPS) is 11.8. The maximum absolute atomic E-state index is 12.3. The van der Waals surface area contributed by atoms with Crippen LogP contribution in [-0.4, -0.2) is 17.1 Å². The Bertz CT molecular complexity index is 1050. The van der Waals surface area contributed by atoms with Gasteiger partial charge < -0.3 is 9.30 Å². The molecule has 0 bridgehead atoms. The van der Waals surface area contributed by atoms with E-state index in [1.807, 2.05) is 60.0 Å². The van der Waals surface area contributed by atoms with Crippen molar-refractivity contribution in [2.75, 3.05) is 6.61 Å². The zero-order valence-corrected chi connectivity index (χ0v) is 15.2. The van der Waals surface area contributed by atoms with Crippen LogP contribution in [-0.2, 0) is 11.3 Å². The number of hydrogen-bond donors (Lipinski definition) is 0. The quantitative estimate of drug-likeness (QED) is 0.511. The number of terminal acetylenes is 1. The average molecular weight is 362 g/mol. The highest BCUT2D eigenvalue weighted by Gasteiger charge is 2.11. The maximum Gasteiger partial charge on any atom is 0.272 e. The molecule has 26 heavy (non-hydrogen) atoms. The second-order valence-electron chi connectivity index (χ2n) is 5.40. The van der Waals surface area contributed by atoms with Crippen LogP contribution in [0.3, 0.4) is 0 Å². The lowest BCUT2D eigenvalue weighted by Gasteiger charge is -2.07. The van der Waals surface area contributed by atoms with Crippen LogP contribution >= 0.6 is 11.3 Å². The van der Waals surface area contributed by atoms with Crippen LogP contribution in [0.5, 0.6) is 5.75 Å². The van der Waals surface area contributed by atoms with Gasteiger partial charge >= 0.3 is 0 Å². The zero-order chi connectivity index (χ0) is 18.4. The van der Waals surface area contributed by atoms with Crippen molar-refractivity contribution in [1.82, 2.24) is 4.57 Å². The first kappa shape index (κ1) is 17.7. The Labute approximate surface area is 156 Å². The molecule has 130 valence electrons. The fourth-order valence-electron chi connectivity index (χ4n) is 2.56. The van der Waals surface area contributed by atoms with Gasteiger partial charge in [-0.1, -0.05) is 53.7 Å². The third-order valence-corrected chi connectivity index (χ3v) is 4.68. The van der Waals surface area contributed by atoms with Crippen LogP contribution in [0.2, 0.25) is 0 Å². The van der Waals surface area contributed by atoms with Gasteiger partial charge in [0.25, 0.3) is 5.91 Å². The molecule has 0 fully saturated rings. The van der Waals surface area contributed by atoms with E-state index in [1.165, 1.54) is 17.4 Å². The van der Waals surface area contributed by atoms with E-state index < -0.39 is 0 Å². The summed E-state index contributed by atoms with van der Waals surface area (Å²) >= 11 is 1.42. The van der Waals surface area contributed by atoms with E-state index in [-0.39, 0.29) is 5.91 Å². The van der Waals surface area contributed by atoms with Gasteiger partial charge in [0.1, 0.15) is 11.3 Å². The van der Waals surface area contributed by atoms with E-state index in [9.17, 15) is 4.79 Å². The zero-order valence-electron chi connectivity index (χ0n) is 14.4. The number of hydrogen-bond acceptors (Lipinski definition) is 3. The number of nitrogens with zero attached hydrogens (tertiary/aromatic N) is 2. The molecule has 0 radical (unpaired) electrons. The van der Waals surface area contributed by atoms with Crippen molar-refractivity contribution in [2.24, 2.45) is 4.99 Å². The molecule has 3 rings (SSSR count). The number of carbonyl (C=O) groups is 1. The molecule has 0 saturated heterocycles. The number of fused-ring (bicyclic) bond motifs is 1. The lowest BCUT2D eigenvalue weighted by atomic mass is 10.2. The van der Waals surface area contributed by atoms with Gasteiger partial charge in [0.15, 0.2) is 4.80 Å². The molecule has 4 nitrogen and oxygen atoms in total. The standard InChI is InChI=1S/C21H18N2O2S/c1-3-15-23-20-17(25-4-2)11-8-12-18(20)26-21(23)22-19(24)14-13-16-9-6-5-7-10-16/h1,5-14H,4,15H2,2H3/b14-13+,22-21?. The molecule has 1 amide bonds. The van der Waals surface area contributed by atoms with Gasteiger partial charge in [0.2, 0.25) is 0 Å². The predicted octanol–water partition coefficient (Wildman–Crippen LogP) is 3.88. The molecule has 0 N–H and O–H groups in total. The Kier molecular flexibility index (Phi) is 5.67. The summed E-state index contributed by atoms with van der Waals surface area (Å²) in [6.45, 7) is 2.80. The van der Waals surface area contributed by atoms with Crippen LogP contribution in [0.15, 0.2) is 59.6 Å². The molecule has 0 saturated carbocycles. The molecule has 0 unspecified atom stereocenters. The lowest BCUT2D eigenvalue weighted by molar-refractivity contribution is -0.113. The maximum atomic E-state index is 12.3. The van der Waals surface area contributed by atoms with Gasteiger partial charge in [0, 0.05) is 6.08 Å². The van der Waals surface area contributed by atoms with Crippen LogP contribution in [0.1, 0.15) is 12.5 Å². The first-order valence-electron chi connectivity index (χ1n) is 8.23. The SMILES string of the molecule is C#CCn1c(=NC(=O)/C=C/c2ccccc2)sc2cccc(OCC)c21. The molecule has 2 aromatic carbocycles. The number of amides is 1. The summed E-state index contributed by atoms with van der Waals surface area (Å²) in [7, 11) is 0. The second kappa shape index (κ2) is 8.32. The highest BCUT2D eigenvalue weighted by Crippen LogP contribution is 2.27. The van der Waals surface area contributed by atoms with E-state index in [0.717, 1.165) is 21.5 Å². The second-order valence-corrected chi connectivity index (χ2v) is 6.41. The molecule has 5 heteroatoms. The summed E-state index contributed by atoms with van der Waals surface area (Å²) in [5.41, 5.74) is 1.82. The number of ether oxygens (including phenoxy) is 1. The van der Waals surface area contributed by atoms with Crippen molar-refractivity contribution < 1.29 is 9.53 Å². The van der Waals surface area contributed by atoms with E-state index in [1.54, 1.807) is 6.08 Å². The van der Waals surface area contributed by atoms with Gasteiger partial charge in [0.05, 0.1) is 17.9 Å². The number of para-hydroxylation sites is 1. The highest BCUT2D eigenvalue weighted by atomic mass is 32.1. The average Bonchev–Trinajstić information content (AvgIpc) is 3.00. The first-order valence-corrected chi connectivity index (χ1v) is 9.05. The number of carbonyl (C=O) groups excluding carboxylic acids is 1. The molecule has 0 aliphatic carbocycles. The summed E-state index contributed by atoms with van der Waals surface area (Å²) < 4.78 is 8.53. The Morgan fingerprint density at radius 3 is 2.81 bits per heavy atom. The molecular formula is C21H18N2O2S. The van der Waals surface area contributed by atoms with Crippen molar-refractivity contribution in [3.05, 3.63) is 65.0 Å². The topological polar surface area (TPSA) is 43.6 Å². The van der Waals surface area contributed by atoms with Crippen LogP contribution in [0, 0.1) is 12.3 Å². The molecule has 1 aromatic heterocycles. The Hall–Kier alpha value is -3.10. The number of rotatable bonds is 5. The third-order valence-electron chi connectivity index (χ3n) is 3.64. The number of aromatic nitrogens is 1. The summed E-state index contributed by atoms with van der Waals surface area (Å²) in [6.07, 6.45) is 8.73. The van der Waals surface area contributed by atoms with Gasteiger partial charge in [-0.15, -0.1) is 6.42 Å². The minimum Gasteiger partial charge on any atom is -0.492 e. The highest BCUT2D eigenvalue weighted by molar-refractivity contribution is 7.16. The summed E-state index contributed by atoms with van der Waals surface area (Å²) in [6, 6.07) is 15.4. The van der Waals surface area contributed by atoms with Crippen LogP contribution < -0.4 is 9.54 Å². The largest absolute Gasteiger partial charge is 0.492 e. The Balaban J connectivity index is 2.03. The van der Waals surface area contributed by atoms with Crippen LogP contribution in [0.4, 0.5) is 0 Å². The fourth-order valence-corrected chi connectivity index (χ4v) is 3.61. The van der Waals surface area contributed by atoms with E-state index in [2.05, 4.69) is 10.9 Å². The predicted molar refractivity (Wildman–Crippen MR) is 106 cm³/mol. The van der Waals surface area contributed by atoms with Crippen molar-refractivity contribution in [3.63, 3.8) is 0 Å². The minimum atomic E-state index is -0.329. The Morgan fingerprint density at radius 2 is 2.08 bits per heavy atom. The lowest BCUT2D eigenvalue weighted by Crippen LogP contribution is -2.16. The first-order chi connectivity index (χ1) is 12.7. The monoisotopic (exact) mass is 362 g/mol. The van der Waals surface area contributed by atoms with Gasteiger partial charge in [-0.25, -0.2) is 0 Å². The van der Waals surface area contributed by atoms with Crippen LogP contribution in [0.25, 0.3) is 16.3 Å². The molecular weight excluding hydrogens is 344 g/mol. The van der Waals surface area contributed by atoms with Crippen molar-refractivity contribution in [3.8, 4) is 18.1 Å². The smallest absolute Gasteiger partial charge is 0.272 e. The molecule has 0 aliphatic heterocycles. The van der Waals surface area contributed by atoms with Crippen molar-refractivity contribution in [2.45, 2.75) is 13.5 Å². The van der Waals surface area contributed by atoms with Crippen molar-refractivity contribution in [1.29, 1.82) is 0 Å². The van der Waals surface area contributed by atoms with Gasteiger partial charge in [-0.3, -0.25) is 4.79 Å². The molecule has 3 aromatic rings. The summed E-state index contributed by atoms with van der Waals surface area (Å²) in [5, 5.41) is 0. The number of thiazole rings is 1.